The first-order chi connectivity index (χ1) is 10.9. The van der Waals surface area contributed by atoms with Gasteiger partial charge in [-0.3, -0.25) is 0 Å². The van der Waals surface area contributed by atoms with Crippen LogP contribution in [0.4, 0.5) is 13.2 Å². The minimum absolute atomic E-state index is 0.286. The summed E-state index contributed by atoms with van der Waals surface area (Å²) in [5, 5.41) is 2.57. The Morgan fingerprint density at radius 2 is 1.83 bits per heavy atom. The van der Waals surface area contributed by atoms with Crippen molar-refractivity contribution >= 4 is 28.6 Å². The third kappa shape index (κ3) is 4.17. The summed E-state index contributed by atoms with van der Waals surface area (Å²) in [6, 6.07) is 7.08. The fourth-order valence-corrected chi connectivity index (χ4v) is 3.39. The Morgan fingerprint density at radius 3 is 2.43 bits per heavy atom. The molecule has 8 heteroatoms. The van der Waals surface area contributed by atoms with E-state index < -0.39 is 6.36 Å². The second-order valence-electron chi connectivity index (χ2n) is 4.80. The topological polar surface area (TPSA) is 30.8 Å². The molecule has 122 valence electrons. The number of hydrogen-bond acceptors (Lipinski definition) is 4. The van der Waals surface area contributed by atoms with Crippen LogP contribution in [0.15, 0.2) is 40.7 Å². The Hall–Kier alpha value is -1.73. The first-order valence-corrected chi connectivity index (χ1v) is 7.99. The summed E-state index contributed by atoms with van der Waals surface area (Å²) in [6.45, 7) is 0. The summed E-state index contributed by atoms with van der Waals surface area (Å²) in [6.07, 6.45) is -3.62. The van der Waals surface area contributed by atoms with E-state index in [1.165, 1.54) is 35.6 Å². The standard InChI is InChI=1S/C15H11ClF3NO2S/c16-11-7-8-23-14(11)12-5-6-13(20-12)21-9-1-3-10(4-2-9)22-15(17,18)19/h1-4,7-8,13H,5-6H2. The highest BCUT2D eigenvalue weighted by atomic mass is 35.5. The van der Waals surface area contributed by atoms with Gasteiger partial charge in [0.1, 0.15) is 11.5 Å². The van der Waals surface area contributed by atoms with Crippen molar-refractivity contribution in [2.24, 2.45) is 4.99 Å². The molecule has 0 N–H and O–H groups in total. The lowest BCUT2D eigenvalue weighted by Gasteiger charge is -2.12. The van der Waals surface area contributed by atoms with E-state index in [2.05, 4.69) is 9.73 Å². The number of benzene rings is 1. The highest BCUT2D eigenvalue weighted by Crippen LogP contribution is 2.30. The van der Waals surface area contributed by atoms with Gasteiger partial charge in [0, 0.05) is 6.42 Å². The van der Waals surface area contributed by atoms with Gasteiger partial charge in [-0.2, -0.15) is 0 Å². The van der Waals surface area contributed by atoms with E-state index in [4.69, 9.17) is 16.3 Å². The minimum Gasteiger partial charge on any atom is -0.469 e. The lowest BCUT2D eigenvalue weighted by molar-refractivity contribution is -0.274. The Balaban J connectivity index is 1.64. The van der Waals surface area contributed by atoms with Crippen LogP contribution in [-0.2, 0) is 0 Å². The molecular formula is C15H11ClF3NO2S. The van der Waals surface area contributed by atoms with E-state index in [0.29, 0.717) is 17.2 Å². The number of rotatable bonds is 4. The second-order valence-corrected chi connectivity index (χ2v) is 6.13. The fraction of sp³-hybridized carbons (Fsp3) is 0.267. The molecule has 0 aliphatic carbocycles. The zero-order valence-electron chi connectivity index (χ0n) is 11.6. The monoisotopic (exact) mass is 361 g/mol. The maximum atomic E-state index is 12.1. The highest BCUT2D eigenvalue weighted by Gasteiger charge is 2.31. The number of nitrogens with zero attached hydrogens (tertiary/aromatic N) is 1. The van der Waals surface area contributed by atoms with Crippen LogP contribution in [0, 0.1) is 0 Å². The smallest absolute Gasteiger partial charge is 0.469 e. The van der Waals surface area contributed by atoms with Gasteiger partial charge in [-0.1, -0.05) is 11.6 Å². The van der Waals surface area contributed by atoms with E-state index in [1.807, 2.05) is 11.4 Å². The van der Waals surface area contributed by atoms with Crippen molar-refractivity contribution in [2.45, 2.75) is 25.4 Å². The van der Waals surface area contributed by atoms with Gasteiger partial charge in [-0.15, -0.1) is 24.5 Å². The number of alkyl halides is 3. The van der Waals surface area contributed by atoms with Crippen molar-refractivity contribution in [3.8, 4) is 11.5 Å². The van der Waals surface area contributed by atoms with E-state index >= 15 is 0 Å². The normalized spacial score (nSPS) is 17.9. The van der Waals surface area contributed by atoms with Crippen LogP contribution in [0.25, 0.3) is 0 Å². The van der Waals surface area contributed by atoms with Crippen molar-refractivity contribution in [3.63, 3.8) is 0 Å². The number of aliphatic imine (C=N–C) groups is 1. The van der Waals surface area contributed by atoms with Crippen molar-refractivity contribution in [1.82, 2.24) is 0 Å². The number of hydrogen-bond donors (Lipinski definition) is 0. The van der Waals surface area contributed by atoms with Crippen LogP contribution in [-0.4, -0.2) is 18.3 Å². The lowest BCUT2D eigenvalue weighted by Crippen LogP contribution is -2.17. The molecule has 1 aliphatic rings. The van der Waals surface area contributed by atoms with Gasteiger partial charge in [0.2, 0.25) is 0 Å². The Labute approximate surface area is 139 Å². The molecule has 1 aliphatic heterocycles. The number of ether oxygens (including phenoxy) is 2. The highest BCUT2D eigenvalue weighted by molar-refractivity contribution is 7.12. The van der Waals surface area contributed by atoms with Crippen molar-refractivity contribution < 1.29 is 22.6 Å². The molecule has 3 rings (SSSR count). The fourth-order valence-electron chi connectivity index (χ4n) is 2.20. The van der Waals surface area contributed by atoms with Gasteiger partial charge in [0.15, 0.2) is 6.23 Å². The molecule has 3 nitrogen and oxygen atoms in total. The summed E-state index contributed by atoms with van der Waals surface area (Å²) in [4.78, 5) is 5.41. The van der Waals surface area contributed by atoms with Gasteiger partial charge >= 0.3 is 6.36 Å². The maximum absolute atomic E-state index is 12.1. The van der Waals surface area contributed by atoms with E-state index in [9.17, 15) is 13.2 Å². The molecule has 0 bridgehead atoms. The van der Waals surface area contributed by atoms with Gasteiger partial charge < -0.3 is 9.47 Å². The molecule has 0 saturated carbocycles. The van der Waals surface area contributed by atoms with Gasteiger partial charge in [-0.05, 0) is 42.1 Å². The van der Waals surface area contributed by atoms with Crippen LogP contribution in [0.1, 0.15) is 17.7 Å². The molecule has 1 aromatic heterocycles. The molecule has 0 amide bonds. The van der Waals surface area contributed by atoms with E-state index in [0.717, 1.165) is 17.0 Å². The summed E-state index contributed by atoms with van der Waals surface area (Å²) in [5.74, 6) is 0.151. The predicted octanol–water partition coefficient (Wildman–Crippen LogP) is 5.29. The van der Waals surface area contributed by atoms with Crippen LogP contribution in [0.5, 0.6) is 11.5 Å². The molecule has 1 aromatic carbocycles. The molecule has 23 heavy (non-hydrogen) atoms. The Bertz CT molecular complexity index is 712. The third-order valence-corrected chi connectivity index (χ3v) is 4.53. The van der Waals surface area contributed by atoms with E-state index in [-0.39, 0.29) is 12.0 Å². The van der Waals surface area contributed by atoms with Gasteiger partial charge in [0.05, 0.1) is 15.6 Å². The third-order valence-electron chi connectivity index (χ3n) is 3.14. The molecule has 0 fully saturated rings. The SMILES string of the molecule is FC(F)(F)Oc1ccc(OC2CCC(c3sccc3Cl)=N2)cc1. The average molecular weight is 362 g/mol. The Morgan fingerprint density at radius 1 is 1.13 bits per heavy atom. The molecule has 1 unspecified atom stereocenters. The summed E-state index contributed by atoms with van der Waals surface area (Å²) >= 11 is 7.60. The number of thiophene rings is 1. The molecule has 0 saturated heterocycles. The largest absolute Gasteiger partial charge is 0.573 e. The van der Waals surface area contributed by atoms with Crippen molar-refractivity contribution in [3.05, 3.63) is 45.6 Å². The zero-order chi connectivity index (χ0) is 16.4. The zero-order valence-corrected chi connectivity index (χ0v) is 13.2. The number of halogens is 4. The minimum atomic E-state index is -4.70. The van der Waals surface area contributed by atoms with Crippen LogP contribution in [0.3, 0.4) is 0 Å². The van der Waals surface area contributed by atoms with Crippen molar-refractivity contribution in [1.29, 1.82) is 0 Å². The van der Waals surface area contributed by atoms with Gasteiger partial charge in [-0.25, -0.2) is 4.99 Å². The molecule has 1 atom stereocenters. The van der Waals surface area contributed by atoms with Crippen molar-refractivity contribution in [2.75, 3.05) is 0 Å². The molecule has 2 heterocycles. The van der Waals surface area contributed by atoms with Crippen LogP contribution < -0.4 is 9.47 Å². The summed E-state index contributed by atoms with van der Waals surface area (Å²) in [7, 11) is 0. The second kappa shape index (κ2) is 6.41. The first kappa shape index (κ1) is 16.1. The predicted molar refractivity (Wildman–Crippen MR) is 82.6 cm³/mol. The van der Waals surface area contributed by atoms with E-state index in [1.54, 1.807) is 0 Å². The quantitative estimate of drug-likeness (QED) is 0.741. The van der Waals surface area contributed by atoms with Crippen LogP contribution in [0.2, 0.25) is 5.02 Å². The summed E-state index contributed by atoms with van der Waals surface area (Å²) in [5.41, 5.74) is 0.895. The molecule has 2 aromatic rings. The Kier molecular flexibility index (Phi) is 4.50. The van der Waals surface area contributed by atoms with Crippen LogP contribution >= 0.6 is 22.9 Å². The maximum Gasteiger partial charge on any atom is 0.573 e. The lowest BCUT2D eigenvalue weighted by atomic mass is 10.2. The molecule has 0 radical (unpaired) electrons. The average Bonchev–Trinajstić information content (AvgIpc) is 3.08. The van der Waals surface area contributed by atoms with Gasteiger partial charge in [0.25, 0.3) is 0 Å². The molecular weight excluding hydrogens is 351 g/mol. The molecule has 0 spiro atoms. The summed E-state index contributed by atoms with van der Waals surface area (Å²) < 4.78 is 45.8. The first-order valence-electron chi connectivity index (χ1n) is 6.73.